The highest BCUT2D eigenvalue weighted by atomic mass is 16.5. The molecule has 0 aliphatic carbocycles. The Morgan fingerprint density at radius 3 is 2.40 bits per heavy atom. The normalized spacial score (nSPS) is 14.5. The number of methoxy groups -OCH3 is 2. The van der Waals surface area contributed by atoms with Crippen molar-refractivity contribution in [1.82, 2.24) is 20.0 Å². The second-order valence-corrected chi connectivity index (χ2v) is 7.32. The molecule has 1 amide bonds. The number of nitrogens with zero attached hydrogens (tertiary/aromatic N) is 3. The maximum Gasteiger partial charge on any atom is 0.271 e. The molecule has 0 unspecified atom stereocenters. The minimum absolute atomic E-state index is 0.0160. The van der Waals surface area contributed by atoms with Gasteiger partial charge in [0.15, 0.2) is 0 Å². The summed E-state index contributed by atoms with van der Waals surface area (Å²) in [4.78, 5) is 17.1. The molecule has 7 heteroatoms. The maximum atomic E-state index is 12.9. The standard InChI is InChI=1S/C23H26N4O3/c1-29-19-7-3-5-17(13-19)16-26-9-11-27(12-10-26)23(28)22-15-21(24-25-22)18-6-4-8-20(14-18)30-2/h3-8,13-15H,9-12,16H2,1-2H3,(H,24,25). The Kier molecular flexibility index (Phi) is 5.99. The lowest BCUT2D eigenvalue weighted by Gasteiger charge is -2.34. The van der Waals surface area contributed by atoms with Gasteiger partial charge in [-0.15, -0.1) is 0 Å². The molecule has 0 atom stereocenters. The van der Waals surface area contributed by atoms with Gasteiger partial charge in [0.2, 0.25) is 0 Å². The lowest BCUT2D eigenvalue weighted by atomic mass is 10.1. The highest BCUT2D eigenvalue weighted by Gasteiger charge is 2.23. The van der Waals surface area contributed by atoms with Gasteiger partial charge in [-0.1, -0.05) is 24.3 Å². The zero-order chi connectivity index (χ0) is 20.9. The van der Waals surface area contributed by atoms with Crippen LogP contribution in [-0.2, 0) is 6.54 Å². The average Bonchev–Trinajstić information content (AvgIpc) is 3.30. The molecule has 1 fully saturated rings. The van der Waals surface area contributed by atoms with E-state index in [1.54, 1.807) is 20.3 Å². The maximum absolute atomic E-state index is 12.9. The van der Waals surface area contributed by atoms with Gasteiger partial charge < -0.3 is 14.4 Å². The molecule has 1 saturated heterocycles. The summed E-state index contributed by atoms with van der Waals surface area (Å²) in [5.74, 6) is 1.61. The van der Waals surface area contributed by atoms with E-state index in [-0.39, 0.29) is 5.91 Å². The predicted octanol–water partition coefficient (Wildman–Crippen LogP) is 3.05. The van der Waals surface area contributed by atoms with Crippen LogP contribution in [0.25, 0.3) is 11.3 Å². The molecule has 0 spiro atoms. The molecular weight excluding hydrogens is 380 g/mol. The zero-order valence-electron chi connectivity index (χ0n) is 17.3. The number of aromatic nitrogens is 2. The van der Waals surface area contributed by atoms with Crippen molar-refractivity contribution in [2.75, 3.05) is 40.4 Å². The van der Waals surface area contributed by atoms with Crippen molar-refractivity contribution in [2.24, 2.45) is 0 Å². The smallest absolute Gasteiger partial charge is 0.271 e. The first-order valence-electron chi connectivity index (χ1n) is 10.0. The van der Waals surface area contributed by atoms with Gasteiger partial charge in [-0.3, -0.25) is 14.8 Å². The number of benzene rings is 2. The first kappa shape index (κ1) is 20.0. The van der Waals surface area contributed by atoms with E-state index in [1.165, 1.54) is 5.56 Å². The molecule has 1 aromatic heterocycles. The van der Waals surface area contributed by atoms with Crippen LogP contribution in [0.1, 0.15) is 16.1 Å². The fraction of sp³-hybridized carbons (Fsp3) is 0.304. The van der Waals surface area contributed by atoms with Crippen LogP contribution in [0.2, 0.25) is 0 Å². The van der Waals surface area contributed by atoms with Gasteiger partial charge in [-0.05, 0) is 35.9 Å². The minimum Gasteiger partial charge on any atom is -0.497 e. The summed E-state index contributed by atoms with van der Waals surface area (Å²) in [6.45, 7) is 3.90. The Bertz CT molecular complexity index is 1010. The lowest BCUT2D eigenvalue weighted by Crippen LogP contribution is -2.48. The van der Waals surface area contributed by atoms with E-state index in [2.05, 4.69) is 27.2 Å². The molecule has 0 saturated carbocycles. The van der Waals surface area contributed by atoms with E-state index >= 15 is 0 Å². The van der Waals surface area contributed by atoms with Crippen molar-refractivity contribution in [3.63, 3.8) is 0 Å². The van der Waals surface area contributed by atoms with Crippen LogP contribution in [-0.4, -0.2) is 66.3 Å². The molecule has 1 aliphatic heterocycles. The third-order valence-corrected chi connectivity index (χ3v) is 5.37. The van der Waals surface area contributed by atoms with E-state index in [0.29, 0.717) is 18.8 Å². The molecule has 1 aliphatic rings. The molecule has 4 rings (SSSR count). The number of carbonyl (C=O) groups excluding carboxylic acids is 1. The molecule has 0 radical (unpaired) electrons. The number of rotatable bonds is 6. The van der Waals surface area contributed by atoms with Gasteiger partial charge in [0.05, 0.1) is 19.9 Å². The molecular formula is C23H26N4O3. The SMILES string of the molecule is COc1cccc(CN2CCN(C(=O)c3cc(-c4cccc(OC)c4)n[nH]3)CC2)c1. The molecule has 3 aromatic rings. The number of amides is 1. The topological polar surface area (TPSA) is 70.7 Å². The number of piperazine rings is 1. The van der Waals surface area contributed by atoms with Crippen molar-refractivity contribution in [1.29, 1.82) is 0 Å². The second-order valence-electron chi connectivity index (χ2n) is 7.32. The third-order valence-electron chi connectivity index (χ3n) is 5.37. The fourth-order valence-electron chi connectivity index (χ4n) is 3.67. The van der Waals surface area contributed by atoms with Crippen LogP contribution in [0.3, 0.4) is 0 Å². The predicted molar refractivity (Wildman–Crippen MR) is 115 cm³/mol. The van der Waals surface area contributed by atoms with Gasteiger partial charge in [-0.25, -0.2) is 0 Å². The van der Waals surface area contributed by atoms with E-state index in [1.807, 2.05) is 41.3 Å². The van der Waals surface area contributed by atoms with Crippen LogP contribution in [0.15, 0.2) is 54.6 Å². The second kappa shape index (κ2) is 9.00. The average molecular weight is 406 g/mol. The number of hydrogen-bond acceptors (Lipinski definition) is 5. The summed E-state index contributed by atoms with van der Waals surface area (Å²) in [6, 6.07) is 17.6. The first-order valence-corrected chi connectivity index (χ1v) is 10.0. The Morgan fingerprint density at radius 2 is 1.67 bits per heavy atom. The summed E-state index contributed by atoms with van der Waals surface area (Å²) >= 11 is 0. The Hall–Kier alpha value is -3.32. The number of H-pyrrole nitrogens is 1. The first-order chi connectivity index (χ1) is 14.7. The lowest BCUT2D eigenvalue weighted by molar-refractivity contribution is 0.0622. The third kappa shape index (κ3) is 4.46. The van der Waals surface area contributed by atoms with E-state index < -0.39 is 0 Å². The van der Waals surface area contributed by atoms with Crippen LogP contribution >= 0.6 is 0 Å². The Morgan fingerprint density at radius 1 is 0.967 bits per heavy atom. The largest absolute Gasteiger partial charge is 0.497 e. The molecule has 0 bridgehead atoms. The van der Waals surface area contributed by atoms with Gasteiger partial charge >= 0.3 is 0 Å². The van der Waals surface area contributed by atoms with Crippen LogP contribution in [0, 0.1) is 0 Å². The van der Waals surface area contributed by atoms with Crippen molar-refractivity contribution in [3.8, 4) is 22.8 Å². The van der Waals surface area contributed by atoms with Crippen molar-refractivity contribution < 1.29 is 14.3 Å². The summed E-state index contributed by atoms with van der Waals surface area (Å²) in [5, 5.41) is 7.21. The Labute approximate surface area is 176 Å². The van der Waals surface area contributed by atoms with E-state index in [9.17, 15) is 4.79 Å². The number of nitrogens with one attached hydrogen (secondary N) is 1. The van der Waals surface area contributed by atoms with Gasteiger partial charge in [0.25, 0.3) is 5.91 Å². The summed E-state index contributed by atoms with van der Waals surface area (Å²) in [5.41, 5.74) is 3.36. The zero-order valence-corrected chi connectivity index (χ0v) is 17.3. The van der Waals surface area contributed by atoms with Crippen LogP contribution in [0.5, 0.6) is 11.5 Å². The van der Waals surface area contributed by atoms with Crippen molar-refractivity contribution in [2.45, 2.75) is 6.54 Å². The van der Waals surface area contributed by atoms with Crippen LogP contribution < -0.4 is 9.47 Å². The quantitative estimate of drug-likeness (QED) is 0.681. The van der Waals surface area contributed by atoms with E-state index in [4.69, 9.17) is 9.47 Å². The van der Waals surface area contributed by atoms with Crippen molar-refractivity contribution in [3.05, 3.63) is 65.9 Å². The summed E-state index contributed by atoms with van der Waals surface area (Å²) in [6.07, 6.45) is 0. The molecule has 1 N–H and O–H groups in total. The van der Waals surface area contributed by atoms with Gasteiger partial charge in [-0.2, -0.15) is 5.10 Å². The van der Waals surface area contributed by atoms with E-state index in [0.717, 1.165) is 42.4 Å². The summed E-state index contributed by atoms with van der Waals surface area (Å²) < 4.78 is 10.6. The fourth-order valence-corrected chi connectivity index (χ4v) is 3.67. The highest BCUT2D eigenvalue weighted by molar-refractivity contribution is 5.93. The van der Waals surface area contributed by atoms with Gasteiger partial charge in [0.1, 0.15) is 17.2 Å². The molecule has 156 valence electrons. The highest BCUT2D eigenvalue weighted by Crippen LogP contribution is 2.23. The monoisotopic (exact) mass is 406 g/mol. The number of ether oxygens (including phenoxy) is 2. The number of hydrogen-bond donors (Lipinski definition) is 1. The Balaban J connectivity index is 1.36. The van der Waals surface area contributed by atoms with Gasteiger partial charge in [0, 0.05) is 38.3 Å². The number of carbonyl (C=O) groups is 1. The summed E-state index contributed by atoms with van der Waals surface area (Å²) in [7, 11) is 3.31. The molecule has 7 nitrogen and oxygen atoms in total. The molecule has 30 heavy (non-hydrogen) atoms. The van der Waals surface area contributed by atoms with Crippen LogP contribution in [0.4, 0.5) is 0 Å². The number of aromatic amines is 1. The minimum atomic E-state index is -0.0160. The molecule has 2 aromatic carbocycles. The van der Waals surface area contributed by atoms with Crippen molar-refractivity contribution >= 4 is 5.91 Å². The molecule has 2 heterocycles.